The number of benzene rings is 1. The van der Waals surface area contributed by atoms with Gasteiger partial charge in [0.05, 0.1) is 0 Å². The Balaban J connectivity index is 1.60. The fraction of sp³-hybridized carbons (Fsp3) is 0.652. The van der Waals surface area contributed by atoms with Crippen LogP contribution < -0.4 is 10.5 Å². The second kappa shape index (κ2) is 9.31. The van der Waals surface area contributed by atoms with E-state index >= 15 is 0 Å². The van der Waals surface area contributed by atoms with Gasteiger partial charge in [-0.1, -0.05) is 32.3 Å². The molecule has 1 saturated heterocycles. The summed E-state index contributed by atoms with van der Waals surface area (Å²) in [5, 5.41) is 6.06. The van der Waals surface area contributed by atoms with E-state index in [9.17, 15) is 17.6 Å². The Morgan fingerprint density at radius 1 is 1.15 bits per heavy atom. The van der Waals surface area contributed by atoms with E-state index in [4.69, 9.17) is 4.42 Å². The number of aromatic nitrogens is 2. The van der Waals surface area contributed by atoms with Gasteiger partial charge in [-0.25, -0.2) is 14.3 Å². The molecule has 0 radical (unpaired) electrons. The first-order valence-corrected chi connectivity index (χ1v) is 13.1. The van der Waals surface area contributed by atoms with Crippen molar-refractivity contribution in [2.24, 2.45) is 5.41 Å². The maximum Gasteiger partial charge on any atom is 0.434 e. The topological polar surface area (TPSA) is 108 Å². The maximum absolute atomic E-state index is 14.8. The van der Waals surface area contributed by atoms with E-state index < -0.39 is 33.7 Å². The molecular weight excluding hydrogens is 447 g/mol. The van der Waals surface area contributed by atoms with Gasteiger partial charge in [0.2, 0.25) is 5.89 Å². The minimum Gasteiger partial charge on any atom is -0.391 e. The highest BCUT2D eigenvalue weighted by atomic mass is 32.2. The summed E-state index contributed by atoms with van der Waals surface area (Å²) in [5.74, 6) is -2.01. The van der Waals surface area contributed by atoms with Crippen LogP contribution in [0.1, 0.15) is 86.4 Å². The number of aromatic amines is 1. The van der Waals surface area contributed by atoms with E-state index in [1.165, 1.54) is 29.6 Å². The van der Waals surface area contributed by atoms with Crippen LogP contribution in [0.3, 0.4) is 0 Å². The van der Waals surface area contributed by atoms with Crippen LogP contribution in [-0.2, 0) is 10.2 Å². The zero-order chi connectivity index (χ0) is 23.8. The van der Waals surface area contributed by atoms with Crippen LogP contribution in [0.5, 0.6) is 0 Å². The minimum atomic E-state index is -3.92. The first-order chi connectivity index (χ1) is 15.6. The van der Waals surface area contributed by atoms with Gasteiger partial charge in [0.1, 0.15) is 11.9 Å². The third-order valence-corrected chi connectivity index (χ3v) is 9.32. The summed E-state index contributed by atoms with van der Waals surface area (Å²) in [6.07, 6.45) is 7.70. The van der Waals surface area contributed by atoms with E-state index in [0.717, 1.165) is 36.8 Å². The summed E-state index contributed by atoms with van der Waals surface area (Å²) in [6, 6.07) is 2.01. The molecule has 1 saturated carbocycles. The van der Waals surface area contributed by atoms with Gasteiger partial charge in [-0.2, -0.15) is 17.4 Å². The molecule has 4 rings (SSSR count). The number of nitrogens with one attached hydrogen (secondary N) is 2. The Bertz CT molecular complexity index is 1140. The van der Waals surface area contributed by atoms with Crippen molar-refractivity contribution >= 4 is 10.2 Å². The molecule has 0 unspecified atom stereocenters. The highest BCUT2D eigenvalue weighted by molar-refractivity contribution is 7.87. The van der Waals surface area contributed by atoms with E-state index in [1.54, 1.807) is 19.9 Å². The van der Waals surface area contributed by atoms with Gasteiger partial charge in [-0.3, -0.25) is 0 Å². The third-order valence-electron chi connectivity index (χ3n) is 7.72. The van der Waals surface area contributed by atoms with Crippen LogP contribution in [0.25, 0.3) is 0 Å². The van der Waals surface area contributed by atoms with Gasteiger partial charge in [-0.15, -0.1) is 5.10 Å². The highest BCUT2D eigenvalue weighted by Crippen LogP contribution is 2.45. The maximum atomic E-state index is 14.8. The fourth-order valence-electron chi connectivity index (χ4n) is 5.51. The van der Waals surface area contributed by atoms with Crippen molar-refractivity contribution in [1.82, 2.24) is 19.2 Å². The molecule has 2 heterocycles. The van der Waals surface area contributed by atoms with E-state index in [0.29, 0.717) is 18.7 Å². The van der Waals surface area contributed by atoms with Crippen molar-refractivity contribution in [2.75, 3.05) is 13.1 Å². The van der Waals surface area contributed by atoms with E-state index in [1.807, 2.05) is 6.92 Å². The smallest absolute Gasteiger partial charge is 0.391 e. The zero-order valence-electron chi connectivity index (χ0n) is 19.5. The number of aryl methyl sites for hydroxylation is 1. The normalized spacial score (nSPS) is 21.2. The summed E-state index contributed by atoms with van der Waals surface area (Å²) in [7, 11) is -3.92. The lowest BCUT2D eigenvalue weighted by Gasteiger charge is -2.44. The molecule has 1 aromatic carbocycles. The monoisotopic (exact) mass is 480 g/mol. The predicted molar refractivity (Wildman–Crippen MR) is 123 cm³/mol. The third kappa shape index (κ3) is 4.93. The molecule has 1 aliphatic carbocycles. The van der Waals surface area contributed by atoms with E-state index in [-0.39, 0.29) is 11.3 Å². The van der Waals surface area contributed by atoms with Crippen LogP contribution in [0.4, 0.5) is 4.39 Å². The van der Waals surface area contributed by atoms with Crippen LogP contribution in [0, 0.1) is 25.1 Å². The van der Waals surface area contributed by atoms with Gasteiger partial charge < -0.3 is 4.42 Å². The molecule has 2 N–H and O–H groups in total. The quantitative estimate of drug-likeness (QED) is 0.653. The van der Waals surface area contributed by atoms with Gasteiger partial charge in [0.25, 0.3) is 10.2 Å². The highest BCUT2D eigenvalue weighted by Gasteiger charge is 2.40. The predicted octanol–water partition coefficient (Wildman–Crippen LogP) is 3.84. The molecular formula is C23H33FN4O4S. The molecule has 1 spiro atoms. The molecule has 33 heavy (non-hydrogen) atoms. The molecule has 8 nitrogen and oxygen atoms in total. The SMILES string of the molecule is Cc1ccc(F)c([C@H](C)[C@H](NS(=O)(=O)N2CCC3(CCCCC3)CC2)c2n[nH]c(=O)o2)c1C. The van der Waals surface area contributed by atoms with Crippen molar-refractivity contribution in [1.29, 1.82) is 0 Å². The molecule has 1 aromatic heterocycles. The summed E-state index contributed by atoms with van der Waals surface area (Å²) in [6.45, 7) is 6.26. The van der Waals surface area contributed by atoms with Gasteiger partial charge in [-0.05, 0) is 67.7 Å². The van der Waals surface area contributed by atoms with Crippen molar-refractivity contribution < 1.29 is 17.2 Å². The molecule has 10 heteroatoms. The second-order valence-electron chi connectivity index (χ2n) is 9.70. The lowest BCUT2D eigenvalue weighted by atomic mass is 9.68. The van der Waals surface area contributed by atoms with Gasteiger partial charge >= 0.3 is 5.76 Å². The summed E-state index contributed by atoms with van der Waals surface area (Å²) in [4.78, 5) is 11.6. The van der Waals surface area contributed by atoms with Crippen molar-refractivity contribution in [3.63, 3.8) is 0 Å². The first kappa shape index (κ1) is 24.1. The molecule has 2 fully saturated rings. The first-order valence-electron chi connectivity index (χ1n) is 11.7. The number of hydrogen-bond acceptors (Lipinski definition) is 5. The van der Waals surface area contributed by atoms with E-state index in [2.05, 4.69) is 14.9 Å². The van der Waals surface area contributed by atoms with Crippen LogP contribution >= 0.6 is 0 Å². The lowest BCUT2D eigenvalue weighted by Crippen LogP contribution is -2.49. The van der Waals surface area contributed by atoms with Crippen LogP contribution in [0.15, 0.2) is 21.3 Å². The van der Waals surface area contributed by atoms with Crippen LogP contribution in [0.2, 0.25) is 0 Å². The number of halogens is 1. The Kier molecular flexibility index (Phi) is 6.80. The molecule has 0 bridgehead atoms. The molecule has 2 atom stereocenters. The average Bonchev–Trinajstić information content (AvgIpc) is 3.22. The summed E-state index contributed by atoms with van der Waals surface area (Å²) >= 11 is 0. The van der Waals surface area contributed by atoms with Crippen molar-refractivity contribution in [2.45, 2.75) is 77.7 Å². The average molecular weight is 481 g/mol. The molecule has 182 valence electrons. The number of H-pyrrole nitrogens is 1. The summed E-state index contributed by atoms with van der Waals surface area (Å²) in [5.41, 5.74) is 2.24. The lowest BCUT2D eigenvalue weighted by molar-refractivity contribution is 0.101. The number of rotatable bonds is 6. The Hall–Kier alpha value is -2.04. The zero-order valence-corrected chi connectivity index (χ0v) is 20.3. The minimum absolute atomic E-state index is 0.114. The summed E-state index contributed by atoms with van der Waals surface area (Å²) < 4.78 is 50.9. The molecule has 1 aliphatic heterocycles. The Morgan fingerprint density at radius 3 is 2.42 bits per heavy atom. The number of hydrogen-bond donors (Lipinski definition) is 2. The van der Waals surface area contributed by atoms with Gasteiger partial charge in [0.15, 0.2) is 0 Å². The molecule has 2 aliphatic rings. The second-order valence-corrected chi connectivity index (χ2v) is 11.4. The van der Waals surface area contributed by atoms with Crippen LogP contribution in [-0.4, -0.2) is 36.0 Å². The van der Waals surface area contributed by atoms with Crippen molar-refractivity contribution in [3.8, 4) is 0 Å². The standard InChI is InChI=1S/C23H33FN4O4S/c1-15-7-8-18(24)19(16(15)2)17(3)20(21-25-26-22(29)32-21)27-33(30,31)28-13-11-23(12-14-28)9-5-4-6-10-23/h7-8,17,20,27H,4-6,9-14H2,1-3H3,(H,26,29)/t17-,20-/m0/s1. The fourth-order valence-corrected chi connectivity index (χ4v) is 6.95. The largest absolute Gasteiger partial charge is 0.434 e. The van der Waals surface area contributed by atoms with Crippen molar-refractivity contribution in [3.05, 3.63) is 51.1 Å². The van der Waals surface area contributed by atoms with Gasteiger partial charge in [0, 0.05) is 19.0 Å². The Morgan fingerprint density at radius 2 is 1.82 bits per heavy atom. The number of nitrogens with zero attached hydrogens (tertiary/aromatic N) is 2. The molecule has 0 amide bonds. The Labute approximate surface area is 194 Å². The number of piperidine rings is 1. The molecule has 2 aromatic rings.